The predicted octanol–water partition coefficient (Wildman–Crippen LogP) is 0.289. The Morgan fingerprint density at radius 1 is 1.67 bits per heavy atom. The van der Waals surface area contributed by atoms with Crippen molar-refractivity contribution in [3.63, 3.8) is 0 Å². The molecule has 0 spiro atoms. The van der Waals surface area contributed by atoms with Crippen molar-refractivity contribution < 1.29 is 13.3 Å². The van der Waals surface area contributed by atoms with Crippen molar-refractivity contribution in [2.24, 2.45) is 5.16 Å². The minimum Gasteiger partial charge on any atom is -0.395 e. The molecule has 1 aliphatic rings. The number of halogens is 1. The van der Waals surface area contributed by atoms with E-state index in [9.17, 15) is 8.42 Å². The van der Waals surface area contributed by atoms with E-state index in [0.29, 0.717) is 6.61 Å². The molecule has 0 aromatic heterocycles. The second-order valence-electron chi connectivity index (χ2n) is 1.51. The van der Waals surface area contributed by atoms with Gasteiger partial charge in [-0.2, -0.15) is 0 Å². The fraction of sp³-hybridized carbons (Fsp3) is 0.667. The van der Waals surface area contributed by atoms with Gasteiger partial charge in [0.1, 0.15) is 6.61 Å². The van der Waals surface area contributed by atoms with Crippen LogP contribution in [0.1, 0.15) is 6.42 Å². The van der Waals surface area contributed by atoms with E-state index in [1.807, 2.05) is 0 Å². The van der Waals surface area contributed by atoms with Crippen LogP contribution in [0.5, 0.6) is 0 Å². The van der Waals surface area contributed by atoms with Crippen LogP contribution < -0.4 is 0 Å². The van der Waals surface area contributed by atoms with Gasteiger partial charge in [-0.25, -0.2) is 8.42 Å². The number of nitrogens with zero attached hydrogens (tertiary/aromatic N) is 1. The molecule has 6 heteroatoms. The van der Waals surface area contributed by atoms with Crippen LogP contribution in [0.2, 0.25) is 0 Å². The van der Waals surface area contributed by atoms with E-state index in [-0.39, 0.29) is 11.5 Å². The highest BCUT2D eigenvalue weighted by atomic mass is 35.7. The van der Waals surface area contributed by atoms with Crippen LogP contribution in [0.25, 0.3) is 0 Å². The summed E-state index contributed by atoms with van der Waals surface area (Å²) >= 11 is 0. The maximum atomic E-state index is 10.4. The molecular weight excluding hydrogens is 166 g/mol. The number of oxime groups is 1. The summed E-state index contributed by atoms with van der Waals surface area (Å²) in [5.41, 5.74) is 0. The molecule has 1 heterocycles. The van der Waals surface area contributed by atoms with E-state index < -0.39 is 9.05 Å². The van der Waals surface area contributed by atoms with Gasteiger partial charge in [-0.1, -0.05) is 5.16 Å². The summed E-state index contributed by atoms with van der Waals surface area (Å²) in [7, 11) is 1.30. The Bertz CT molecular complexity index is 231. The average molecular weight is 170 g/mol. The summed E-state index contributed by atoms with van der Waals surface area (Å²) in [6, 6.07) is 0. The Morgan fingerprint density at radius 2 is 2.33 bits per heavy atom. The first-order valence-corrected chi connectivity index (χ1v) is 4.55. The van der Waals surface area contributed by atoms with Gasteiger partial charge in [0.2, 0.25) is 0 Å². The van der Waals surface area contributed by atoms with Gasteiger partial charge in [-0.05, 0) is 0 Å². The van der Waals surface area contributed by atoms with E-state index in [2.05, 4.69) is 9.99 Å². The van der Waals surface area contributed by atoms with Crippen molar-refractivity contribution in [1.29, 1.82) is 0 Å². The lowest BCUT2D eigenvalue weighted by molar-refractivity contribution is 0.174. The number of hydrogen-bond acceptors (Lipinski definition) is 4. The van der Waals surface area contributed by atoms with Crippen LogP contribution in [-0.4, -0.2) is 20.1 Å². The molecular formula is C3H4ClNO3S. The first kappa shape index (κ1) is 6.82. The van der Waals surface area contributed by atoms with Crippen molar-refractivity contribution in [3.8, 4) is 0 Å². The summed E-state index contributed by atoms with van der Waals surface area (Å²) in [6.45, 7) is 0.307. The lowest BCUT2D eigenvalue weighted by Gasteiger charge is -1.84. The molecule has 4 nitrogen and oxygen atoms in total. The average Bonchev–Trinajstić information content (AvgIpc) is 2.08. The van der Waals surface area contributed by atoms with Crippen molar-refractivity contribution in [3.05, 3.63) is 0 Å². The second-order valence-corrected chi connectivity index (χ2v) is 4.07. The van der Waals surface area contributed by atoms with Gasteiger partial charge in [0.25, 0.3) is 9.05 Å². The van der Waals surface area contributed by atoms with Crippen molar-refractivity contribution in [1.82, 2.24) is 0 Å². The maximum Gasteiger partial charge on any atom is 0.278 e. The number of hydrogen-bond donors (Lipinski definition) is 0. The monoisotopic (exact) mass is 169 g/mol. The van der Waals surface area contributed by atoms with Gasteiger partial charge in [0.05, 0.1) is 0 Å². The lowest BCUT2D eigenvalue weighted by atomic mass is 10.5. The molecule has 1 aliphatic heterocycles. The SMILES string of the molecule is O=S(=O)(Cl)C1=NOCC1. The smallest absolute Gasteiger partial charge is 0.278 e. The Balaban J connectivity index is 2.87. The molecule has 0 aliphatic carbocycles. The normalized spacial score (nSPS) is 19.0. The van der Waals surface area contributed by atoms with E-state index >= 15 is 0 Å². The zero-order valence-corrected chi connectivity index (χ0v) is 5.94. The topological polar surface area (TPSA) is 55.7 Å². The molecule has 0 fully saturated rings. The van der Waals surface area contributed by atoms with Crippen LogP contribution >= 0.6 is 10.7 Å². The van der Waals surface area contributed by atoms with E-state index in [1.165, 1.54) is 0 Å². The van der Waals surface area contributed by atoms with Crippen molar-refractivity contribution >= 4 is 24.8 Å². The van der Waals surface area contributed by atoms with E-state index in [0.717, 1.165) is 0 Å². The Kier molecular flexibility index (Phi) is 1.63. The van der Waals surface area contributed by atoms with Crippen molar-refractivity contribution in [2.75, 3.05) is 6.61 Å². The minimum absolute atomic E-state index is 0.0795. The molecule has 0 radical (unpaired) electrons. The van der Waals surface area contributed by atoms with Crippen LogP contribution in [-0.2, 0) is 13.9 Å². The molecule has 52 valence electrons. The van der Waals surface area contributed by atoms with Crippen molar-refractivity contribution in [2.45, 2.75) is 6.42 Å². The van der Waals surface area contributed by atoms with E-state index in [4.69, 9.17) is 10.7 Å². The van der Waals surface area contributed by atoms with Gasteiger partial charge in [0, 0.05) is 17.1 Å². The van der Waals surface area contributed by atoms with Crippen LogP contribution in [0.15, 0.2) is 5.16 Å². The summed E-state index contributed by atoms with van der Waals surface area (Å²) < 4.78 is 20.8. The van der Waals surface area contributed by atoms with Gasteiger partial charge in [0.15, 0.2) is 5.04 Å². The second kappa shape index (κ2) is 2.15. The first-order chi connectivity index (χ1) is 4.11. The zero-order chi connectivity index (χ0) is 6.91. The van der Waals surface area contributed by atoms with Crippen LogP contribution in [0.3, 0.4) is 0 Å². The molecule has 1 rings (SSSR count). The summed E-state index contributed by atoms with van der Waals surface area (Å²) in [4.78, 5) is 4.41. The Morgan fingerprint density at radius 3 is 2.56 bits per heavy atom. The molecule has 0 N–H and O–H groups in total. The standard InChI is InChI=1S/C3H4ClNO3S/c4-9(6,7)3-1-2-8-5-3/h1-2H2. The quantitative estimate of drug-likeness (QED) is 0.490. The highest BCUT2D eigenvalue weighted by Gasteiger charge is 2.20. The van der Waals surface area contributed by atoms with Crippen LogP contribution in [0.4, 0.5) is 0 Å². The third-order valence-electron chi connectivity index (χ3n) is 0.855. The molecule has 0 aromatic carbocycles. The maximum absolute atomic E-state index is 10.4. The fourth-order valence-electron chi connectivity index (χ4n) is 0.463. The molecule has 0 atom stereocenters. The molecule has 0 saturated heterocycles. The van der Waals surface area contributed by atoms with Gasteiger partial charge >= 0.3 is 0 Å². The summed E-state index contributed by atoms with van der Waals surface area (Å²) in [5, 5.41) is 3.12. The predicted molar refractivity (Wildman–Crippen MR) is 32.8 cm³/mol. The number of rotatable bonds is 0. The third-order valence-corrected chi connectivity index (χ3v) is 2.23. The van der Waals surface area contributed by atoms with Crippen LogP contribution in [0, 0.1) is 0 Å². The molecule has 0 saturated carbocycles. The first-order valence-electron chi connectivity index (χ1n) is 2.24. The zero-order valence-electron chi connectivity index (χ0n) is 4.37. The molecule has 0 unspecified atom stereocenters. The largest absolute Gasteiger partial charge is 0.395 e. The Labute approximate surface area is 56.9 Å². The highest BCUT2D eigenvalue weighted by molar-refractivity contribution is 8.25. The molecule has 9 heavy (non-hydrogen) atoms. The molecule has 0 amide bonds. The van der Waals surface area contributed by atoms with Gasteiger partial charge in [-0.15, -0.1) is 0 Å². The fourth-order valence-corrected chi connectivity index (χ4v) is 1.25. The third kappa shape index (κ3) is 1.56. The lowest BCUT2D eigenvalue weighted by Crippen LogP contribution is -2.04. The van der Waals surface area contributed by atoms with Gasteiger partial charge < -0.3 is 4.84 Å². The molecule has 0 bridgehead atoms. The highest BCUT2D eigenvalue weighted by Crippen LogP contribution is 2.09. The molecule has 0 aromatic rings. The van der Waals surface area contributed by atoms with Gasteiger partial charge in [-0.3, -0.25) is 0 Å². The Hall–Kier alpha value is -0.290. The van der Waals surface area contributed by atoms with E-state index in [1.54, 1.807) is 0 Å². The minimum atomic E-state index is -3.61. The summed E-state index contributed by atoms with van der Waals surface area (Å²) in [5.74, 6) is 0. The summed E-state index contributed by atoms with van der Waals surface area (Å²) in [6.07, 6.45) is 0.284.